The molecule has 162 valence electrons. The van der Waals surface area contributed by atoms with Crippen molar-refractivity contribution in [2.45, 2.75) is 71.6 Å². The molecule has 6 atom stereocenters. The Kier molecular flexibility index (Phi) is 5.94. The van der Waals surface area contributed by atoms with E-state index in [2.05, 4.69) is 30.0 Å². The van der Waals surface area contributed by atoms with Gasteiger partial charge in [0, 0.05) is 18.4 Å². The number of allylic oxidation sites excluding steroid dienone is 2. The average Bonchev–Trinajstić information content (AvgIpc) is 2.99. The van der Waals surface area contributed by atoms with Crippen LogP contribution in [0.1, 0.15) is 71.6 Å². The lowest BCUT2D eigenvalue weighted by Gasteiger charge is -2.59. The first-order chi connectivity index (χ1) is 13.8. The highest BCUT2D eigenvalue weighted by Gasteiger charge is 2.59. The minimum atomic E-state index is 0.00708. The molecule has 0 N–H and O–H groups in total. The maximum absolute atomic E-state index is 12.6. The molecule has 0 aromatic carbocycles. The monoisotopic (exact) mass is 400 g/mol. The van der Waals surface area contributed by atoms with Crippen molar-refractivity contribution in [3.05, 3.63) is 11.6 Å². The number of carbonyl (C=O) groups excluding carboxylic acids is 1. The number of Topliss-reactive ketones (excluding diaryl/α,β-unsaturated/α-hetero) is 1. The zero-order chi connectivity index (χ0) is 20.6. The van der Waals surface area contributed by atoms with Crippen LogP contribution in [-0.2, 0) is 9.63 Å². The average molecular weight is 401 g/mol. The van der Waals surface area contributed by atoms with Crippen LogP contribution in [-0.4, -0.2) is 44.1 Å². The van der Waals surface area contributed by atoms with E-state index in [4.69, 9.17) is 4.84 Å². The van der Waals surface area contributed by atoms with Gasteiger partial charge in [0.2, 0.25) is 0 Å². The quantitative estimate of drug-likeness (QED) is 0.367. The highest BCUT2D eigenvalue weighted by molar-refractivity contribution is 5.87. The molecule has 0 heterocycles. The molecule has 0 saturated heterocycles. The predicted octanol–water partition coefficient (Wildman–Crippen LogP) is 5.09. The molecule has 4 unspecified atom stereocenters. The maximum Gasteiger partial charge on any atom is 0.139 e. The molecule has 4 rings (SSSR count). The minimum Gasteiger partial charge on any atom is -0.394 e. The molecule has 4 fully saturated rings. The Morgan fingerprint density at radius 1 is 1.10 bits per heavy atom. The lowest BCUT2D eigenvalue weighted by Crippen LogP contribution is -2.53. The van der Waals surface area contributed by atoms with E-state index in [1.54, 1.807) is 5.57 Å². The lowest BCUT2D eigenvalue weighted by molar-refractivity contribution is -0.137. The minimum absolute atomic E-state index is 0.00708. The third kappa shape index (κ3) is 3.82. The first-order valence-electron chi connectivity index (χ1n) is 11.9. The van der Waals surface area contributed by atoms with Crippen molar-refractivity contribution in [3.8, 4) is 0 Å². The predicted molar refractivity (Wildman–Crippen MR) is 118 cm³/mol. The summed E-state index contributed by atoms with van der Waals surface area (Å²) in [5, 5.41) is 4.12. The Bertz CT molecular complexity index is 684. The number of nitrogens with zero attached hydrogens (tertiary/aromatic N) is 2. The van der Waals surface area contributed by atoms with E-state index in [-0.39, 0.29) is 5.41 Å². The second-order valence-corrected chi connectivity index (χ2v) is 11.0. The molecule has 0 aromatic rings. The summed E-state index contributed by atoms with van der Waals surface area (Å²) in [6.07, 6.45) is 14.9. The summed E-state index contributed by atoms with van der Waals surface area (Å²) in [7, 11) is 4.08. The number of carbonyl (C=O) groups is 1. The standard InChI is InChI=1S/C25H40N2O2/c1-24-12-9-18(11-14-26-29-16-15-27(3)4)17-19(24)5-6-20-21-7-8-23(28)25(21,2)13-10-22(20)24/h11,14,19-22H,5-10,12-13,15-17H2,1-4H3/t19?,20?,21?,22?,24-,25-/m0/s1. The molecule has 4 nitrogen and oxygen atoms in total. The van der Waals surface area contributed by atoms with Crippen molar-refractivity contribution >= 4 is 12.0 Å². The van der Waals surface area contributed by atoms with Crippen molar-refractivity contribution in [2.75, 3.05) is 27.2 Å². The van der Waals surface area contributed by atoms with Crippen molar-refractivity contribution in [1.82, 2.24) is 4.90 Å². The molecule has 4 aliphatic rings. The molecule has 0 amide bonds. The van der Waals surface area contributed by atoms with Gasteiger partial charge in [-0.15, -0.1) is 0 Å². The molecular weight excluding hydrogens is 360 g/mol. The van der Waals surface area contributed by atoms with Crippen molar-refractivity contribution in [1.29, 1.82) is 0 Å². The molecule has 0 spiro atoms. The summed E-state index contributed by atoms with van der Waals surface area (Å²) in [5.41, 5.74) is 2.02. The van der Waals surface area contributed by atoms with Gasteiger partial charge in [-0.2, -0.15) is 0 Å². The summed E-state index contributed by atoms with van der Waals surface area (Å²) in [5.74, 6) is 3.64. The maximum atomic E-state index is 12.6. The van der Waals surface area contributed by atoms with Crippen LogP contribution in [0.15, 0.2) is 16.8 Å². The van der Waals surface area contributed by atoms with E-state index in [0.29, 0.717) is 23.7 Å². The summed E-state index contributed by atoms with van der Waals surface area (Å²) in [6, 6.07) is 0. The van der Waals surface area contributed by atoms with Crippen LogP contribution in [0.3, 0.4) is 0 Å². The second-order valence-electron chi connectivity index (χ2n) is 11.0. The number of fused-ring (bicyclic) bond motifs is 5. The van der Waals surface area contributed by atoms with Gasteiger partial charge >= 0.3 is 0 Å². The number of hydrogen-bond acceptors (Lipinski definition) is 4. The number of ketones is 1. The number of oxime groups is 1. The lowest BCUT2D eigenvalue weighted by atomic mass is 9.45. The van der Waals surface area contributed by atoms with Gasteiger partial charge in [0.1, 0.15) is 12.4 Å². The van der Waals surface area contributed by atoms with Crippen LogP contribution in [0.2, 0.25) is 0 Å². The second kappa shape index (κ2) is 8.17. The molecule has 0 aliphatic heterocycles. The van der Waals surface area contributed by atoms with Gasteiger partial charge in [-0.1, -0.05) is 24.6 Å². The Morgan fingerprint density at radius 2 is 1.93 bits per heavy atom. The zero-order valence-corrected chi connectivity index (χ0v) is 19.0. The summed E-state index contributed by atoms with van der Waals surface area (Å²) >= 11 is 0. The van der Waals surface area contributed by atoms with Crippen LogP contribution in [0.5, 0.6) is 0 Å². The Hall–Kier alpha value is -1.16. The number of rotatable bonds is 5. The number of hydrogen-bond donors (Lipinski definition) is 0. The number of likely N-dealkylation sites (N-methyl/N-ethyl adjacent to an activating group) is 1. The van der Waals surface area contributed by atoms with Crippen LogP contribution < -0.4 is 0 Å². The molecule has 0 aromatic heterocycles. The van der Waals surface area contributed by atoms with E-state index in [0.717, 1.165) is 43.6 Å². The molecule has 4 aliphatic carbocycles. The van der Waals surface area contributed by atoms with Crippen molar-refractivity contribution in [3.63, 3.8) is 0 Å². The van der Waals surface area contributed by atoms with Gasteiger partial charge in [0.05, 0.1) is 6.21 Å². The Morgan fingerprint density at radius 3 is 2.72 bits per heavy atom. The van der Waals surface area contributed by atoms with Crippen molar-refractivity contribution in [2.24, 2.45) is 39.7 Å². The Labute approximate surface area is 177 Å². The van der Waals surface area contributed by atoms with E-state index < -0.39 is 0 Å². The van der Waals surface area contributed by atoms with Crippen LogP contribution in [0, 0.1) is 34.5 Å². The largest absolute Gasteiger partial charge is 0.394 e. The van der Waals surface area contributed by atoms with Crippen LogP contribution >= 0.6 is 0 Å². The van der Waals surface area contributed by atoms with Gasteiger partial charge < -0.3 is 9.74 Å². The van der Waals surface area contributed by atoms with Gasteiger partial charge in [-0.3, -0.25) is 4.79 Å². The van der Waals surface area contributed by atoms with Gasteiger partial charge in [0.15, 0.2) is 0 Å². The van der Waals surface area contributed by atoms with Crippen LogP contribution in [0.4, 0.5) is 0 Å². The van der Waals surface area contributed by atoms with Crippen molar-refractivity contribution < 1.29 is 9.63 Å². The molecule has 0 radical (unpaired) electrons. The fraction of sp³-hybridized carbons (Fsp3) is 0.840. The highest BCUT2D eigenvalue weighted by atomic mass is 16.6. The first-order valence-corrected chi connectivity index (χ1v) is 11.9. The van der Waals surface area contributed by atoms with E-state index in [9.17, 15) is 4.79 Å². The topological polar surface area (TPSA) is 41.9 Å². The van der Waals surface area contributed by atoms with Gasteiger partial charge in [-0.05, 0) is 101 Å². The zero-order valence-electron chi connectivity index (χ0n) is 19.0. The molecule has 4 saturated carbocycles. The van der Waals surface area contributed by atoms with Crippen LogP contribution in [0.25, 0.3) is 0 Å². The van der Waals surface area contributed by atoms with E-state index >= 15 is 0 Å². The molecule has 4 heteroatoms. The third-order valence-corrected chi connectivity index (χ3v) is 9.34. The van der Waals surface area contributed by atoms with E-state index in [1.807, 2.05) is 20.3 Å². The van der Waals surface area contributed by atoms with Gasteiger partial charge in [0.25, 0.3) is 0 Å². The molecular formula is C25H40N2O2. The smallest absolute Gasteiger partial charge is 0.139 e. The fourth-order valence-electron chi connectivity index (χ4n) is 7.49. The summed E-state index contributed by atoms with van der Waals surface area (Å²) in [6.45, 7) is 6.41. The first kappa shape index (κ1) is 21.1. The highest BCUT2D eigenvalue weighted by Crippen LogP contribution is 2.65. The Balaban J connectivity index is 1.38. The third-order valence-electron chi connectivity index (χ3n) is 9.34. The SMILES string of the molecule is CN(C)CCON=CC=C1CC[C@@]2(C)C(CCC3C2CC[C@]2(C)C(=O)CCC32)C1. The summed E-state index contributed by atoms with van der Waals surface area (Å²) < 4.78 is 0. The summed E-state index contributed by atoms with van der Waals surface area (Å²) in [4.78, 5) is 20.0. The molecule has 0 bridgehead atoms. The fourth-order valence-corrected chi connectivity index (χ4v) is 7.49. The normalized spacial score (nSPS) is 43.5. The molecule has 29 heavy (non-hydrogen) atoms. The van der Waals surface area contributed by atoms with Gasteiger partial charge in [-0.25, -0.2) is 0 Å². The van der Waals surface area contributed by atoms with E-state index in [1.165, 1.54) is 38.5 Å².